The summed E-state index contributed by atoms with van der Waals surface area (Å²) in [5.41, 5.74) is 7.74. The molecule has 0 aliphatic heterocycles. The Morgan fingerprint density at radius 3 is 0.612 bits per heavy atom. The van der Waals surface area contributed by atoms with Gasteiger partial charge in [0, 0.05) is 5.92 Å². The van der Waals surface area contributed by atoms with E-state index < -0.39 is 30.4 Å². The number of rotatable bonds is 9. The van der Waals surface area contributed by atoms with E-state index in [2.05, 4.69) is 0 Å². The Bertz CT molecular complexity index is 2160. The topological polar surface area (TPSA) is 163 Å². The van der Waals surface area contributed by atoms with Gasteiger partial charge >= 0.3 is 0 Å². The molecular weight excluding hydrogens is 685 g/mol. The summed E-state index contributed by atoms with van der Waals surface area (Å²) in [7, 11) is -12.9. The van der Waals surface area contributed by atoms with Crippen LogP contribution in [-0.4, -0.2) is 38.9 Å². The van der Waals surface area contributed by atoms with Crippen LogP contribution in [-0.2, 0) is 30.4 Å². The van der Waals surface area contributed by atoms with Gasteiger partial charge in [0.15, 0.2) is 0 Å². The average molecular weight is 713 g/mol. The summed E-state index contributed by atoms with van der Waals surface area (Å²) in [5.74, 6) is -0.220. The molecule has 6 rings (SSSR count). The van der Waals surface area contributed by atoms with Crippen molar-refractivity contribution in [1.82, 2.24) is 0 Å². The highest BCUT2D eigenvalue weighted by Gasteiger charge is 2.19. The minimum absolute atomic E-state index is 0.191. The van der Waals surface area contributed by atoms with Gasteiger partial charge in [-0.15, -0.1) is 0 Å². The lowest BCUT2D eigenvalue weighted by atomic mass is 9.83. The fourth-order valence-electron chi connectivity index (χ4n) is 5.64. The normalized spacial score (nSPS) is 12.2. The smallest absolute Gasteiger partial charge is 0.282 e. The SMILES string of the molecule is O=S(=O)(O)c1ccc(-c2ccc(C(c3ccc(-c4ccc(S(=O)(=O)O)cc4)cc3)c3ccc(-c4ccc(S(=O)(=O)O)cc4)cc3)cc2)cc1. The largest absolute Gasteiger partial charge is 0.294 e. The second kappa shape index (κ2) is 13.2. The van der Waals surface area contributed by atoms with Crippen LogP contribution in [0.2, 0.25) is 0 Å². The van der Waals surface area contributed by atoms with Crippen molar-refractivity contribution in [3.8, 4) is 33.4 Å². The fraction of sp³-hybridized carbons (Fsp3) is 0.0270. The summed E-state index contributed by atoms with van der Waals surface area (Å²) in [6, 6.07) is 41.3. The Morgan fingerprint density at radius 2 is 0.449 bits per heavy atom. The second-order valence-electron chi connectivity index (χ2n) is 11.3. The first-order valence-corrected chi connectivity index (χ1v) is 19.0. The fourth-order valence-corrected chi connectivity index (χ4v) is 7.08. The molecule has 0 radical (unpaired) electrons. The maximum atomic E-state index is 11.5. The standard InChI is InChI=1S/C37H28O9S3/c38-47(39,40)34-19-13-28(14-20-34)25-1-7-31(8-2-25)37(32-9-3-26(4-10-32)29-15-21-35(22-16-29)48(41,42)43)33-11-5-27(6-12-33)30-17-23-36(24-18-30)49(44,45)46/h1-24,37H,(H,38,39,40)(H,41,42,43)(H,44,45,46). The Morgan fingerprint density at radius 1 is 0.286 bits per heavy atom. The Labute approximate surface area is 284 Å². The van der Waals surface area contributed by atoms with Crippen molar-refractivity contribution in [1.29, 1.82) is 0 Å². The van der Waals surface area contributed by atoms with E-state index in [9.17, 15) is 38.9 Å². The van der Waals surface area contributed by atoms with Gasteiger partial charge in [0.05, 0.1) is 14.7 Å². The van der Waals surface area contributed by atoms with E-state index in [4.69, 9.17) is 0 Å². The third kappa shape index (κ3) is 7.70. The third-order valence-corrected chi connectivity index (χ3v) is 10.8. The molecule has 12 heteroatoms. The van der Waals surface area contributed by atoms with Gasteiger partial charge in [-0.1, -0.05) is 109 Å². The van der Waals surface area contributed by atoms with Crippen molar-refractivity contribution >= 4 is 30.4 Å². The quantitative estimate of drug-likeness (QED) is 0.101. The van der Waals surface area contributed by atoms with Crippen LogP contribution in [0.4, 0.5) is 0 Å². The first kappa shape index (κ1) is 33.9. The van der Waals surface area contributed by atoms with Gasteiger partial charge < -0.3 is 0 Å². The molecule has 9 nitrogen and oxygen atoms in total. The van der Waals surface area contributed by atoms with E-state index >= 15 is 0 Å². The first-order valence-electron chi connectivity index (χ1n) is 14.7. The van der Waals surface area contributed by atoms with E-state index in [0.717, 1.165) is 50.1 Å². The maximum absolute atomic E-state index is 11.5. The summed E-state index contributed by atoms with van der Waals surface area (Å²) in [5, 5.41) is 0. The molecule has 0 aliphatic rings. The van der Waals surface area contributed by atoms with Gasteiger partial charge in [0.25, 0.3) is 30.4 Å². The van der Waals surface area contributed by atoms with E-state index in [1.807, 2.05) is 72.8 Å². The van der Waals surface area contributed by atoms with E-state index in [-0.39, 0.29) is 20.6 Å². The van der Waals surface area contributed by atoms with Gasteiger partial charge in [-0.3, -0.25) is 13.7 Å². The minimum atomic E-state index is -4.31. The third-order valence-electron chi connectivity index (χ3n) is 8.19. The second-order valence-corrected chi connectivity index (χ2v) is 15.6. The molecule has 0 bridgehead atoms. The van der Waals surface area contributed by atoms with Gasteiger partial charge in [-0.25, -0.2) is 0 Å². The lowest BCUT2D eigenvalue weighted by Gasteiger charge is -2.20. The van der Waals surface area contributed by atoms with Crippen LogP contribution >= 0.6 is 0 Å². The van der Waals surface area contributed by atoms with Crippen LogP contribution in [0.25, 0.3) is 33.4 Å². The van der Waals surface area contributed by atoms with Crippen LogP contribution in [0.5, 0.6) is 0 Å². The first-order chi connectivity index (χ1) is 23.2. The predicted octanol–water partition coefficient (Wildman–Crippen LogP) is 7.61. The van der Waals surface area contributed by atoms with Crippen LogP contribution in [0.1, 0.15) is 22.6 Å². The molecule has 0 fully saturated rings. The molecular formula is C37H28O9S3. The van der Waals surface area contributed by atoms with Gasteiger partial charge in [-0.05, 0) is 86.5 Å². The lowest BCUT2D eigenvalue weighted by molar-refractivity contribution is 0.481. The molecule has 0 saturated heterocycles. The zero-order chi connectivity index (χ0) is 35.0. The van der Waals surface area contributed by atoms with Crippen molar-refractivity contribution in [3.05, 3.63) is 162 Å². The van der Waals surface area contributed by atoms with Gasteiger partial charge in [-0.2, -0.15) is 25.3 Å². The lowest BCUT2D eigenvalue weighted by Crippen LogP contribution is -2.04. The highest BCUT2D eigenvalue weighted by Crippen LogP contribution is 2.36. The maximum Gasteiger partial charge on any atom is 0.294 e. The number of benzene rings is 6. The zero-order valence-electron chi connectivity index (χ0n) is 25.4. The summed E-state index contributed by atoms with van der Waals surface area (Å²) >= 11 is 0. The molecule has 0 amide bonds. The van der Waals surface area contributed by atoms with Gasteiger partial charge in [0.1, 0.15) is 0 Å². The number of hydrogen-bond acceptors (Lipinski definition) is 6. The van der Waals surface area contributed by atoms with Crippen molar-refractivity contribution in [2.45, 2.75) is 20.6 Å². The molecule has 3 N–H and O–H groups in total. The Balaban J connectivity index is 1.35. The molecule has 0 aromatic heterocycles. The van der Waals surface area contributed by atoms with Gasteiger partial charge in [0.2, 0.25) is 0 Å². The zero-order valence-corrected chi connectivity index (χ0v) is 27.9. The Hall–Kier alpha value is -4.95. The molecule has 248 valence electrons. The van der Waals surface area contributed by atoms with Crippen LogP contribution in [0.3, 0.4) is 0 Å². The van der Waals surface area contributed by atoms with Crippen LogP contribution in [0, 0.1) is 0 Å². The molecule has 0 saturated carbocycles. The highest BCUT2D eigenvalue weighted by atomic mass is 32.2. The van der Waals surface area contributed by atoms with Crippen molar-refractivity contribution < 1.29 is 38.9 Å². The molecule has 0 unspecified atom stereocenters. The molecule has 0 heterocycles. The van der Waals surface area contributed by atoms with Crippen molar-refractivity contribution in [3.63, 3.8) is 0 Å². The molecule has 0 aliphatic carbocycles. The molecule has 6 aromatic rings. The van der Waals surface area contributed by atoms with Crippen LogP contribution < -0.4 is 0 Å². The molecule has 0 spiro atoms. The minimum Gasteiger partial charge on any atom is -0.282 e. The summed E-state index contributed by atoms with van der Waals surface area (Å²) in [6.45, 7) is 0. The van der Waals surface area contributed by atoms with E-state index in [1.165, 1.54) is 36.4 Å². The highest BCUT2D eigenvalue weighted by molar-refractivity contribution is 7.86. The summed E-state index contributed by atoms with van der Waals surface area (Å²) in [6.07, 6.45) is 0. The van der Waals surface area contributed by atoms with Crippen LogP contribution in [0.15, 0.2) is 160 Å². The molecule has 6 aromatic carbocycles. The molecule has 49 heavy (non-hydrogen) atoms. The van der Waals surface area contributed by atoms with E-state index in [1.54, 1.807) is 36.4 Å². The Kier molecular flexibility index (Phi) is 9.11. The molecule has 0 atom stereocenters. The van der Waals surface area contributed by atoms with Crippen molar-refractivity contribution in [2.24, 2.45) is 0 Å². The monoisotopic (exact) mass is 712 g/mol. The predicted molar refractivity (Wildman–Crippen MR) is 186 cm³/mol. The average Bonchev–Trinajstić information content (AvgIpc) is 3.08. The van der Waals surface area contributed by atoms with E-state index in [0.29, 0.717) is 0 Å². The summed E-state index contributed by atoms with van der Waals surface area (Å²) in [4.78, 5) is -0.573. The van der Waals surface area contributed by atoms with Crippen molar-refractivity contribution in [2.75, 3.05) is 0 Å². The number of hydrogen-bond donors (Lipinski definition) is 3. The summed E-state index contributed by atoms with van der Waals surface area (Å²) < 4.78 is 96.7.